The van der Waals surface area contributed by atoms with Crippen LogP contribution in [0, 0.1) is 10.1 Å². The van der Waals surface area contributed by atoms with Gasteiger partial charge in [-0.05, 0) is 13.1 Å². The van der Waals surface area contributed by atoms with E-state index in [0.717, 1.165) is 31.7 Å². The Balaban J connectivity index is 1.96. The van der Waals surface area contributed by atoms with Crippen molar-refractivity contribution in [2.75, 3.05) is 38.2 Å². The summed E-state index contributed by atoms with van der Waals surface area (Å²) in [6, 6.07) is 5.34. The monoisotopic (exact) mass is 263 g/mol. The van der Waals surface area contributed by atoms with Gasteiger partial charge in [-0.15, -0.1) is 0 Å². The van der Waals surface area contributed by atoms with Crippen molar-refractivity contribution in [3.8, 4) is 5.75 Å². The van der Waals surface area contributed by atoms with E-state index in [-0.39, 0.29) is 10.6 Å². The van der Waals surface area contributed by atoms with Gasteiger partial charge in [0.25, 0.3) is 5.69 Å². The number of anilines is 1. The average molecular weight is 263 g/mol. The Hall–Kier alpha value is -1.82. The summed E-state index contributed by atoms with van der Waals surface area (Å²) in [6.07, 6.45) is 0.951. The predicted octanol–water partition coefficient (Wildman–Crippen LogP) is 1.50. The number of benzene rings is 1. The summed E-state index contributed by atoms with van der Waals surface area (Å²) in [7, 11) is 2.12. The van der Waals surface area contributed by atoms with E-state index >= 15 is 0 Å². The maximum Gasteiger partial charge on any atom is 0.273 e. The number of ether oxygens (including phenoxy) is 1. The number of nitrogens with zero attached hydrogens (tertiary/aromatic N) is 3. The molecular formula is C13H17N3O3. The Kier molecular flexibility index (Phi) is 3.02. The van der Waals surface area contributed by atoms with Crippen LogP contribution in [0.25, 0.3) is 0 Å². The van der Waals surface area contributed by atoms with Crippen LogP contribution >= 0.6 is 0 Å². The molecule has 0 radical (unpaired) electrons. The maximum atomic E-state index is 10.8. The van der Waals surface area contributed by atoms with Crippen LogP contribution in [0.3, 0.4) is 0 Å². The molecule has 0 spiro atoms. The Morgan fingerprint density at radius 1 is 1.42 bits per heavy atom. The number of piperazine rings is 1. The van der Waals surface area contributed by atoms with Crippen molar-refractivity contribution in [2.24, 2.45) is 0 Å². The Labute approximate surface area is 111 Å². The number of non-ortho nitro benzene ring substituents is 1. The summed E-state index contributed by atoms with van der Waals surface area (Å²) in [5, 5.41) is 10.8. The van der Waals surface area contributed by atoms with Crippen LogP contribution in [-0.4, -0.2) is 49.2 Å². The van der Waals surface area contributed by atoms with Crippen molar-refractivity contribution >= 4 is 11.4 Å². The van der Waals surface area contributed by atoms with Gasteiger partial charge in [0.05, 0.1) is 23.3 Å². The standard InChI is InChI=1S/C13H17N3O3/c1-14-5-6-15-11(9-14)4-7-19-13-8-10(16(17)18)2-3-12(13)15/h2-3,8,11H,4-7,9H2,1H3. The van der Waals surface area contributed by atoms with Gasteiger partial charge in [0.2, 0.25) is 0 Å². The van der Waals surface area contributed by atoms with Crippen LogP contribution in [0.1, 0.15) is 6.42 Å². The van der Waals surface area contributed by atoms with Crippen LogP contribution in [0.5, 0.6) is 5.75 Å². The fourth-order valence-electron chi connectivity index (χ4n) is 2.85. The molecule has 0 N–H and O–H groups in total. The van der Waals surface area contributed by atoms with Gasteiger partial charge in [-0.25, -0.2) is 0 Å². The van der Waals surface area contributed by atoms with Gasteiger partial charge in [0, 0.05) is 38.2 Å². The highest BCUT2D eigenvalue weighted by Gasteiger charge is 2.30. The van der Waals surface area contributed by atoms with E-state index in [9.17, 15) is 10.1 Å². The van der Waals surface area contributed by atoms with Gasteiger partial charge in [0.1, 0.15) is 5.75 Å². The van der Waals surface area contributed by atoms with Crippen molar-refractivity contribution < 1.29 is 9.66 Å². The van der Waals surface area contributed by atoms with E-state index in [1.54, 1.807) is 6.07 Å². The zero-order chi connectivity index (χ0) is 13.4. The molecule has 0 aliphatic carbocycles. The molecule has 0 aromatic heterocycles. The van der Waals surface area contributed by atoms with E-state index in [0.29, 0.717) is 18.4 Å². The smallest absolute Gasteiger partial charge is 0.273 e. The highest BCUT2D eigenvalue weighted by atomic mass is 16.6. The molecule has 102 valence electrons. The van der Waals surface area contributed by atoms with Crippen LogP contribution < -0.4 is 9.64 Å². The molecule has 2 heterocycles. The van der Waals surface area contributed by atoms with Crippen LogP contribution in [-0.2, 0) is 0 Å². The normalized spacial score (nSPS) is 23.0. The molecule has 1 aromatic carbocycles. The minimum absolute atomic E-state index is 0.0892. The third-order valence-electron chi connectivity index (χ3n) is 3.86. The second-order valence-electron chi connectivity index (χ2n) is 5.16. The minimum Gasteiger partial charge on any atom is -0.491 e. The maximum absolute atomic E-state index is 10.8. The molecule has 1 fully saturated rings. The van der Waals surface area contributed by atoms with E-state index in [1.807, 2.05) is 6.07 Å². The van der Waals surface area contributed by atoms with E-state index in [1.165, 1.54) is 6.07 Å². The van der Waals surface area contributed by atoms with Gasteiger partial charge in [0.15, 0.2) is 0 Å². The van der Waals surface area contributed by atoms with Crippen molar-refractivity contribution in [1.29, 1.82) is 0 Å². The van der Waals surface area contributed by atoms with E-state index < -0.39 is 0 Å². The summed E-state index contributed by atoms with van der Waals surface area (Å²) < 4.78 is 5.70. The Morgan fingerprint density at radius 3 is 3.05 bits per heavy atom. The first-order valence-corrected chi connectivity index (χ1v) is 6.51. The second kappa shape index (κ2) is 4.70. The molecule has 1 saturated heterocycles. The van der Waals surface area contributed by atoms with Crippen molar-refractivity contribution in [2.45, 2.75) is 12.5 Å². The summed E-state index contributed by atoms with van der Waals surface area (Å²) in [4.78, 5) is 15.1. The highest BCUT2D eigenvalue weighted by Crippen LogP contribution is 2.37. The Bertz CT molecular complexity index is 506. The molecule has 0 bridgehead atoms. The number of fused-ring (bicyclic) bond motifs is 3. The molecular weight excluding hydrogens is 246 g/mol. The second-order valence-corrected chi connectivity index (χ2v) is 5.16. The molecule has 3 rings (SSSR count). The van der Waals surface area contributed by atoms with E-state index in [2.05, 4.69) is 16.8 Å². The third-order valence-corrected chi connectivity index (χ3v) is 3.86. The summed E-state index contributed by atoms with van der Waals surface area (Å²) in [6.45, 7) is 3.57. The summed E-state index contributed by atoms with van der Waals surface area (Å²) in [5.74, 6) is 0.640. The highest BCUT2D eigenvalue weighted by molar-refractivity contribution is 5.63. The average Bonchev–Trinajstić information content (AvgIpc) is 2.56. The first kappa shape index (κ1) is 12.2. The van der Waals surface area contributed by atoms with Gasteiger partial charge in [-0.2, -0.15) is 0 Å². The third kappa shape index (κ3) is 2.23. The number of likely N-dealkylation sites (N-methyl/N-ethyl adjacent to an activating group) is 1. The van der Waals surface area contributed by atoms with Crippen molar-refractivity contribution in [3.05, 3.63) is 28.3 Å². The largest absolute Gasteiger partial charge is 0.491 e. The number of rotatable bonds is 1. The lowest BCUT2D eigenvalue weighted by molar-refractivity contribution is -0.384. The molecule has 2 aliphatic heterocycles. The molecule has 6 heteroatoms. The SMILES string of the molecule is CN1CCN2c3ccc([N+](=O)[O-])cc3OCCC2C1. The minimum atomic E-state index is -0.379. The quantitative estimate of drug-likeness (QED) is 0.567. The zero-order valence-corrected chi connectivity index (χ0v) is 10.9. The molecule has 6 nitrogen and oxygen atoms in total. The lowest BCUT2D eigenvalue weighted by atomic mass is 10.1. The lowest BCUT2D eigenvalue weighted by Gasteiger charge is -2.40. The molecule has 19 heavy (non-hydrogen) atoms. The molecule has 2 aliphatic rings. The summed E-state index contributed by atoms with van der Waals surface area (Å²) >= 11 is 0. The van der Waals surface area contributed by atoms with Gasteiger partial charge in [-0.3, -0.25) is 10.1 Å². The first-order valence-electron chi connectivity index (χ1n) is 6.51. The molecule has 1 aromatic rings. The predicted molar refractivity (Wildman–Crippen MR) is 71.8 cm³/mol. The van der Waals surface area contributed by atoms with E-state index in [4.69, 9.17) is 4.74 Å². The van der Waals surface area contributed by atoms with Gasteiger partial charge >= 0.3 is 0 Å². The molecule has 0 saturated carbocycles. The fraction of sp³-hybridized carbons (Fsp3) is 0.538. The Morgan fingerprint density at radius 2 is 2.26 bits per heavy atom. The lowest BCUT2D eigenvalue weighted by Crippen LogP contribution is -2.51. The number of nitro benzene ring substituents is 1. The number of nitro groups is 1. The van der Waals surface area contributed by atoms with Crippen molar-refractivity contribution in [1.82, 2.24) is 4.90 Å². The van der Waals surface area contributed by atoms with Crippen LogP contribution in [0.2, 0.25) is 0 Å². The van der Waals surface area contributed by atoms with Crippen molar-refractivity contribution in [3.63, 3.8) is 0 Å². The molecule has 1 atom stereocenters. The number of hydrogen-bond acceptors (Lipinski definition) is 5. The van der Waals surface area contributed by atoms with Gasteiger partial charge in [-0.1, -0.05) is 0 Å². The molecule has 0 amide bonds. The topological polar surface area (TPSA) is 58.9 Å². The summed E-state index contributed by atoms with van der Waals surface area (Å²) in [5.41, 5.74) is 1.08. The zero-order valence-electron chi connectivity index (χ0n) is 10.9. The molecule has 1 unspecified atom stereocenters. The van der Waals surface area contributed by atoms with Crippen LogP contribution in [0.15, 0.2) is 18.2 Å². The number of hydrogen-bond donors (Lipinski definition) is 0. The van der Waals surface area contributed by atoms with Gasteiger partial charge < -0.3 is 14.5 Å². The fourth-order valence-corrected chi connectivity index (χ4v) is 2.85. The van der Waals surface area contributed by atoms with Crippen LogP contribution in [0.4, 0.5) is 11.4 Å². The first-order chi connectivity index (χ1) is 9.15.